The first kappa shape index (κ1) is 9.44. The Morgan fingerprint density at radius 1 is 1.23 bits per heavy atom. The molecule has 1 saturated heterocycles. The van der Waals surface area contributed by atoms with E-state index in [9.17, 15) is 5.11 Å². The van der Waals surface area contributed by atoms with Crippen molar-refractivity contribution < 1.29 is 9.84 Å². The first-order valence-electron chi connectivity index (χ1n) is 5.25. The van der Waals surface area contributed by atoms with E-state index in [0.717, 1.165) is 38.9 Å². The summed E-state index contributed by atoms with van der Waals surface area (Å²) in [6.07, 6.45) is 4.17. The standard InChI is InChI=1S/C10H19NO2/c1-11(9-4-5-13-7-9)8-2-3-10(12)6-8/h8-10,12H,2-7H2,1H3. The number of likely N-dealkylation sites (N-methyl/N-ethyl adjacent to an activating group) is 1. The van der Waals surface area contributed by atoms with Crippen molar-refractivity contribution in [2.75, 3.05) is 20.3 Å². The molecule has 0 aromatic heterocycles. The van der Waals surface area contributed by atoms with Crippen molar-refractivity contribution in [2.45, 2.75) is 43.9 Å². The predicted molar refractivity (Wildman–Crippen MR) is 50.6 cm³/mol. The second-order valence-electron chi connectivity index (χ2n) is 4.30. The van der Waals surface area contributed by atoms with E-state index in [-0.39, 0.29) is 6.10 Å². The Morgan fingerprint density at radius 3 is 2.62 bits per heavy atom. The normalized spacial score (nSPS) is 40.4. The van der Waals surface area contributed by atoms with Gasteiger partial charge in [-0.2, -0.15) is 0 Å². The van der Waals surface area contributed by atoms with Crippen LogP contribution in [0.1, 0.15) is 25.7 Å². The van der Waals surface area contributed by atoms with Crippen molar-refractivity contribution in [3.05, 3.63) is 0 Å². The summed E-state index contributed by atoms with van der Waals surface area (Å²) in [5, 5.41) is 9.43. The maximum absolute atomic E-state index is 9.43. The van der Waals surface area contributed by atoms with Crippen molar-refractivity contribution in [3.63, 3.8) is 0 Å². The molecule has 76 valence electrons. The minimum Gasteiger partial charge on any atom is -0.393 e. The number of nitrogens with zero attached hydrogens (tertiary/aromatic N) is 1. The number of ether oxygens (including phenoxy) is 1. The highest BCUT2D eigenvalue weighted by molar-refractivity contribution is 4.85. The molecule has 0 bridgehead atoms. The summed E-state index contributed by atoms with van der Waals surface area (Å²) < 4.78 is 5.36. The quantitative estimate of drug-likeness (QED) is 0.684. The molecular weight excluding hydrogens is 166 g/mol. The van der Waals surface area contributed by atoms with Gasteiger partial charge in [-0.1, -0.05) is 0 Å². The van der Waals surface area contributed by atoms with E-state index in [1.807, 2.05) is 0 Å². The molecule has 1 aliphatic heterocycles. The molecule has 0 radical (unpaired) electrons. The number of rotatable bonds is 2. The SMILES string of the molecule is CN(C1CCOC1)C1CCC(O)C1. The molecule has 3 atom stereocenters. The van der Waals surface area contributed by atoms with Crippen LogP contribution in [0, 0.1) is 0 Å². The van der Waals surface area contributed by atoms with E-state index < -0.39 is 0 Å². The highest BCUT2D eigenvalue weighted by Crippen LogP contribution is 2.26. The van der Waals surface area contributed by atoms with Gasteiger partial charge >= 0.3 is 0 Å². The van der Waals surface area contributed by atoms with E-state index in [4.69, 9.17) is 4.74 Å². The lowest BCUT2D eigenvalue weighted by Crippen LogP contribution is -2.39. The van der Waals surface area contributed by atoms with Crippen molar-refractivity contribution >= 4 is 0 Å². The number of hydrogen-bond acceptors (Lipinski definition) is 3. The molecule has 2 aliphatic rings. The molecule has 1 heterocycles. The minimum atomic E-state index is -0.0604. The molecule has 0 aromatic carbocycles. The Bertz CT molecular complexity index is 168. The van der Waals surface area contributed by atoms with Crippen LogP contribution >= 0.6 is 0 Å². The van der Waals surface area contributed by atoms with E-state index in [2.05, 4.69) is 11.9 Å². The highest BCUT2D eigenvalue weighted by Gasteiger charge is 2.31. The van der Waals surface area contributed by atoms with Crippen LogP contribution < -0.4 is 0 Å². The Balaban J connectivity index is 1.85. The van der Waals surface area contributed by atoms with Gasteiger partial charge in [0.05, 0.1) is 12.7 Å². The van der Waals surface area contributed by atoms with Gasteiger partial charge in [-0.25, -0.2) is 0 Å². The molecule has 3 heteroatoms. The molecular formula is C10H19NO2. The Hall–Kier alpha value is -0.120. The average Bonchev–Trinajstić information content (AvgIpc) is 2.72. The van der Waals surface area contributed by atoms with Crippen molar-refractivity contribution in [3.8, 4) is 0 Å². The molecule has 1 aliphatic carbocycles. The molecule has 0 amide bonds. The summed E-state index contributed by atoms with van der Waals surface area (Å²) >= 11 is 0. The Morgan fingerprint density at radius 2 is 2.08 bits per heavy atom. The lowest BCUT2D eigenvalue weighted by Gasteiger charge is -2.29. The first-order chi connectivity index (χ1) is 6.27. The van der Waals surface area contributed by atoms with Crippen LogP contribution in [0.5, 0.6) is 0 Å². The van der Waals surface area contributed by atoms with Crippen molar-refractivity contribution in [2.24, 2.45) is 0 Å². The predicted octanol–water partition coefficient (Wildman–Crippen LogP) is 0.620. The molecule has 3 unspecified atom stereocenters. The zero-order chi connectivity index (χ0) is 9.26. The molecule has 0 aromatic rings. The molecule has 2 fully saturated rings. The maximum Gasteiger partial charge on any atom is 0.0622 e. The smallest absolute Gasteiger partial charge is 0.0622 e. The fourth-order valence-corrected chi connectivity index (χ4v) is 2.45. The van der Waals surface area contributed by atoms with Crippen LogP contribution in [0.3, 0.4) is 0 Å². The van der Waals surface area contributed by atoms with Crippen molar-refractivity contribution in [1.82, 2.24) is 4.90 Å². The summed E-state index contributed by atoms with van der Waals surface area (Å²) in [4.78, 5) is 2.41. The zero-order valence-electron chi connectivity index (χ0n) is 8.28. The van der Waals surface area contributed by atoms with E-state index in [0.29, 0.717) is 12.1 Å². The third-order valence-electron chi connectivity index (χ3n) is 3.43. The van der Waals surface area contributed by atoms with E-state index in [1.54, 1.807) is 0 Å². The summed E-state index contributed by atoms with van der Waals surface area (Å²) in [5.74, 6) is 0. The van der Waals surface area contributed by atoms with Crippen LogP contribution in [-0.4, -0.2) is 48.5 Å². The fraction of sp³-hybridized carbons (Fsp3) is 1.00. The monoisotopic (exact) mass is 185 g/mol. The van der Waals surface area contributed by atoms with E-state index >= 15 is 0 Å². The summed E-state index contributed by atoms with van der Waals surface area (Å²) in [5.41, 5.74) is 0. The van der Waals surface area contributed by atoms with Gasteiger partial charge in [-0.05, 0) is 32.7 Å². The molecule has 13 heavy (non-hydrogen) atoms. The van der Waals surface area contributed by atoms with Crippen molar-refractivity contribution in [1.29, 1.82) is 0 Å². The average molecular weight is 185 g/mol. The summed E-state index contributed by atoms with van der Waals surface area (Å²) in [7, 11) is 2.17. The lowest BCUT2D eigenvalue weighted by molar-refractivity contribution is 0.120. The molecule has 2 rings (SSSR count). The molecule has 1 saturated carbocycles. The van der Waals surface area contributed by atoms with Gasteiger partial charge in [0.25, 0.3) is 0 Å². The Kier molecular flexibility index (Phi) is 2.86. The second-order valence-corrected chi connectivity index (χ2v) is 4.30. The van der Waals surface area contributed by atoms with Gasteiger partial charge in [0.15, 0.2) is 0 Å². The maximum atomic E-state index is 9.43. The number of aliphatic hydroxyl groups is 1. The van der Waals surface area contributed by atoms with Crippen LogP contribution in [0.15, 0.2) is 0 Å². The fourth-order valence-electron chi connectivity index (χ4n) is 2.45. The van der Waals surface area contributed by atoms with E-state index in [1.165, 1.54) is 0 Å². The third kappa shape index (κ3) is 2.03. The summed E-state index contributed by atoms with van der Waals surface area (Å²) in [6, 6.07) is 1.18. The minimum absolute atomic E-state index is 0.0604. The van der Waals surface area contributed by atoms with Gasteiger partial charge in [0, 0.05) is 18.7 Å². The van der Waals surface area contributed by atoms with Crippen LogP contribution in [-0.2, 0) is 4.74 Å². The van der Waals surface area contributed by atoms with Gasteiger partial charge < -0.3 is 9.84 Å². The topological polar surface area (TPSA) is 32.7 Å². The van der Waals surface area contributed by atoms with Crippen LogP contribution in [0.2, 0.25) is 0 Å². The third-order valence-corrected chi connectivity index (χ3v) is 3.43. The second kappa shape index (κ2) is 3.95. The molecule has 0 spiro atoms. The van der Waals surface area contributed by atoms with Gasteiger partial charge in [0.2, 0.25) is 0 Å². The Labute approximate surface area is 79.7 Å². The zero-order valence-corrected chi connectivity index (χ0v) is 8.28. The number of hydrogen-bond donors (Lipinski definition) is 1. The largest absolute Gasteiger partial charge is 0.393 e. The van der Waals surface area contributed by atoms with Gasteiger partial charge in [0.1, 0.15) is 0 Å². The van der Waals surface area contributed by atoms with Gasteiger partial charge in [-0.15, -0.1) is 0 Å². The first-order valence-corrected chi connectivity index (χ1v) is 5.25. The number of aliphatic hydroxyl groups excluding tert-OH is 1. The van der Waals surface area contributed by atoms with Crippen LogP contribution in [0.25, 0.3) is 0 Å². The highest BCUT2D eigenvalue weighted by atomic mass is 16.5. The van der Waals surface area contributed by atoms with Gasteiger partial charge in [-0.3, -0.25) is 4.90 Å². The summed E-state index contributed by atoms with van der Waals surface area (Å²) in [6.45, 7) is 1.79. The van der Waals surface area contributed by atoms with Crippen LogP contribution in [0.4, 0.5) is 0 Å². The molecule has 3 nitrogen and oxygen atoms in total. The molecule has 1 N–H and O–H groups in total. The lowest BCUT2D eigenvalue weighted by atomic mass is 10.1.